The highest BCUT2D eigenvalue weighted by Gasteiger charge is 2.09. The van der Waals surface area contributed by atoms with E-state index in [1.165, 1.54) is 5.56 Å². The van der Waals surface area contributed by atoms with E-state index in [4.69, 9.17) is 4.74 Å². The number of methoxy groups -OCH3 is 1. The molecule has 144 valence electrons. The predicted molar refractivity (Wildman–Crippen MR) is 110 cm³/mol. The molecule has 0 atom stereocenters. The highest BCUT2D eigenvalue weighted by molar-refractivity contribution is 5.92. The van der Waals surface area contributed by atoms with E-state index in [-0.39, 0.29) is 5.91 Å². The lowest BCUT2D eigenvalue weighted by molar-refractivity contribution is 0.0949. The van der Waals surface area contributed by atoms with E-state index in [9.17, 15) is 4.79 Å². The van der Waals surface area contributed by atoms with E-state index < -0.39 is 0 Å². The second kappa shape index (κ2) is 9.50. The number of hydrogen-bond donors (Lipinski definition) is 2. The van der Waals surface area contributed by atoms with E-state index in [1.54, 1.807) is 19.4 Å². The minimum Gasteiger partial charge on any atom is -0.497 e. The minimum atomic E-state index is -0.222. The Balaban J connectivity index is 1.55. The molecule has 28 heavy (non-hydrogen) atoms. The van der Waals surface area contributed by atoms with Crippen LogP contribution in [0.25, 0.3) is 0 Å². The number of aryl methyl sites for hydroxylation is 1. The Bertz CT molecular complexity index is 909. The van der Waals surface area contributed by atoms with E-state index in [1.807, 2.05) is 36.4 Å². The molecule has 1 aromatic heterocycles. The lowest BCUT2D eigenvalue weighted by Crippen LogP contribution is -2.26. The Morgan fingerprint density at radius 3 is 2.39 bits per heavy atom. The van der Waals surface area contributed by atoms with Crippen molar-refractivity contribution in [3.8, 4) is 5.75 Å². The maximum Gasteiger partial charge on any atom is 0.270 e. The van der Waals surface area contributed by atoms with Gasteiger partial charge in [-0.3, -0.25) is 4.79 Å². The number of amides is 1. The molecule has 2 N–H and O–H groups in total. The molecule has 0 saturated heterocycles. The van der Waals surface area contributed by atoms with Gasteiger partial charge >= 0.3 is 0 Å². The molecule has 6 nitrogen and oxygen atoms in total. The maximum absolute atomic E-state index is 12.4. The van der Waals surface area contributed by atoms with Crippen LogP contribution in [-0.4, -0.2) is 29.5 Å². The second-order valence-electron chi connectivity index (χ2n) is 6.29. The third-order valence-corrected chi connectivity index (χ3v) is 4.36. The average molecular weight is 376 g/mol. The van der Waals surface area contributed by atoms with Gasteiger partial charge in [-0.2, -0.15) is 0 Å². The van der Waals surface area contributed by atoms with Crippen LogP contribution in [0, 0.1) is 0 Å². The second-order valence-corrected chi connectivity index (χ2v) is 6.29. The molecule has 0 unspecified atom stereocenters. The number of aromatic nitrogens is 2. The van der Waals surface area contributed by atoms with E-state index >= 15 is 0 Å². The highest BCUT2D eigenvalue weighted by Crippen LogP contribution is 2.14. The zero-order chi connectivity index (χ0) is 19.8. The summed E-state index contributed by atoms with van der Waals surface area (Å²) in [6.45, 7) is 2.64. The van der Waals surface area contributed by atoms with E-state index in [2.05, 4.69) is 39.7 Å². The third kappa shape index (κ3) is 5.30. The van der Waals surface area contributed by atoms with Crippen molar-refractivity contribution in [1.82, 2.24) is 15.3 Å². The Labute approximate surface area is 165 Å². The Kier molecular flexibility index (Phi) is 6.57. The lowest BCUT2D eigenvalue weighted by atomic mass is 10.1. The SMILES string of the molecule is CCc1ccc(Nc2nccc(C(=O)NCCc3ccc(OC)cc3)n2)cc1. The monoisotopic (exact) mass is 376 g/mol. The number of rotatable bonds is 8. The van der Waals surface area contributed by atoms with Gasteiger partial charge in [0, 0.05) is 18.4 Å². The Hall–Kier alpha value is -3.41. The fourth-order valence-electron chi connectivity index (χ4n) is 2.70. The summed E-state index contributed by atoms with van der Waals surface area (Å²) in [7, 11) is 1.64. The molecular formula is C22H24N4O2. The first kappa shape index (κ1) is 19.4. The van der Waals surface area contributed by atoms with Gasteiger partial charge in [-0.05, 0) is 54.3 Å². The molecule has 2 aromatic carbocycles. The van der Waals surface area contributed by atoms with Crippen LogP contribution in [-0.2, 0) is 12.8 Å². The third-order valence-electron chi connectivity index (χ3n) is 4.36. The van der Waals surface area contributed by atoms with Gasteiger partial charge in [-0.25, -0.2) is 9.97 Å². The minimum absolute atomic E-state index is 0.222. The van der Waals surface area contributed by atoms with Crippen molar-refractivity contribution < 1.29 is 9.53 Å². The fourth-order valence-corrected chi connectivity index (χ4v) is 2.70. The standard InChI is InChI=1S/C22H24N4O2/c1-3-16-4-8-18(9-5-16)25-22-24-15-13-20(26-22)21(27)23-14-12-17-6-10-19(28-2)11-7-17/h4-11,13,15H,3,12,14H2,1-2H3,(H,23,27)(H,24,25,26). The first-order chi connectivity index (χ1) is 13.7. The Morgan fingerprint density at radius 2 is 1.71 bits per heavy atom. The summed E-state index contributed by atoms with van der Waals surface area (Å²) in [5.41, 5.74) is 3.60. The molecule has 0 saturated carbocycles. The van der Waals surface area contributed by atoms with Gasteiger partial charge < -0.3 is 15.4 Å². The predicted octanol–water partition coefficient (Wildman–Crippen LogP) is 3.76. The topological polar surface area (TPSA) is 76.1 Å². The van der Waals surface area contributed by atoms with Crippen LogP contribution in [0.1, 0.15) is 28.5 Å². The van der Waals surface area contributed by atoms with E-state index in [0.717, 1.165) is 29.8 Å². The van der Waals surface area contributed by atoms with Gasteiger partial charge in [-0.15, -0.1) is 0 Å². The van der Waals surface area contributed by atoms with E-state index in [0.29, 0.717) is 18.2 Å². The van der Waals surface area contributed by atoms with Crippen molar-refractivity contribution in [1.29, 1.82) is 0 Å². The van der Waals surface area contributed by atoms with Crippen molar-refractivity contribution in [3.05, 3.63) is 77.6 Å². The number of carbonyl (C=O) groups is 1. The quantitative estimate of drug-likeness (QED) is 0.626. The number of nitrogens with one attached hydrogen (secondary N) is 2. The molecule has 0 aliphatic carbocycles. The lowest BCUT2D eigenvalue weighted by Gasteiger charge is -2.08. The summed E-state index contributed by atoms with van der Waals surface area (Å²) in [4.78, 5) is 20.9. The van der Waals surface area contributed by atoms with Crippen LogP contribution in [0.15, 0.2) is 60.8 Å². The average Bonchev–Trinajstić information content (AvgIpc) is 2.75. The van der Waals surface area contributed by atoms with Gasteiger partial charge in [-0.1, -0.05) is 31.2 Å². The maximum atomic E-state index is 12.4. The molecule has 3 rings (SSSR count). The van der Waals surface area contributed by atoms with Crippen molar-refractivity contribution >= 4 is 17.5 Å². The number of benzene rings is 2. The smallest absolute Gasteiger partial charge is 0.270 e. The molecule has 0 spiro atoms. The number of carbonyl (C=O) groups excluding carboxylic acids is 1. The van der Waals surface area contributed by atoms with Crippen molar-refractivity contribution in [2.24, 2.45) is 0 Å². The number of nitrogens with zero attached hydrogens (tertiary/aromatic N) is 2. The van der Waals surface area contributed by atoms with Crippen LogP contribution in [0.3, 0.4) is 0 Å². The molecule has 1 heterocycles. The van der Waals surface area contributed by atoms with Crippen molar-refractivity contribution in [3.63, 3.8) is 0 Å². The Morgan fingerprint density at radius 1 is 1.00 bits per heavy atom. The van der Waals surface area contributed by atoms with Crippen LogP contribution in [0.5, 0.6) is 5.75 Å². The molecular weight excluding hydrogens is 352 g/mol. The number of anilines is 2. The molecule has 3 aromatic rings. The van der Waals surface area contributed by atoms with Crippen LogP contribution < -0.4 is 15.4 Å². The molecule has 0 aliphatic heterocycles. The summed E-state index contributed by atoms with van der Waals surface area (Å²) >= 11 is 0. The van der Waals surface area contributed by atoms with Crippen molar-refractivity contribution in [2.45, 2.75) is 19.8 Å². The van der Waals surface area contributed by atoms with Crippen molar-refractivity contribution in [2.75, 3.05) is 19.0 Å². The van der Waals surface area contributed by atoms with Crippen LogP contribution in [0.2, 0.25) is 0 Å². The fraction of sp³-hybridized carbons (Fsp3) is 0.227. The van der Waals surface area contributed by atoms with Gasteiger partial charge in [0.1, 0.15) is 11.4 Å². The summed E-state index contributed by atoms with van der Waals surface area (Å²) < 4.78 is 5.15. The summed E-state index contributed by atoms with van der Waals surface area (Å²) in [6, 6.07) is 17.5. The molecule has 6 heteroatoms. The first-order valence-electron chi connectivity index (χ1n) is 9.28. The molecule has 0 bridgehead atoms. The summed E-state index contributed by atoms with van der Waals surface area (Å²) in [5, 5.41) is 6.02. The largest absolute Gasteiger partial charge is 0.497 e. The molecule has 0 aliphatic rings. The van der Waals surface area contributed by atoms with Crippen LogP contribution >= 0.6 is 0 Å². The molecule has 0 radical (unpaired) electrons. The summed E-state index contributed by atoms with van der Waals surface area (Å²) in [5.74, 6) is 0.991. The van der Waals surface area contributed by atoms with Crippen LogP contribution in [0.4, 0.5) is 11.6 Å². The van der Waals surface area contributed by atoms with Gasteiger partial charge in [0.15, 0.2) is 0 Å². The molecule has 1 amide bonds. The zero-order valence-corrected chi connectivity index (χ0v) is 16.1. The van der Waals surface area contributed by atoms with Gasteiger partial charge in [0.2, 0.25) is 5.95 Å². The number of ether oxygens (including phenoxy) is 1. The molecule has 0 fully saturated rings. The zero-order valence-electron chi connectivity index (χ0n) is 16.1. The first-order valence-corrected chi connectivity index (χ1v) is 9.28. The van der Waals surface area contributed by atoms with Gasteiger partial charge in [0.25, 0.3) is 5.91 Å². The van der Waals surface area contributed by atoms with Gasteiger partial charge in [0.05, 0.1) is 7.11 Å². The highest BCUT2D eigenvalue weighted by atomic mass is 16.5. The summed E-state index contributed by atoms with van der Waals surface area (Å²) in [6.07, 6.45) is 3.30. The normalized spacial score (nSPS) is 10.4. The number of hydrogen-bond acceptors (Lipinski definition) is 5.